The number of carboxylic acid groups (broad SMARTS) is 1. The van der Waals surface area contributed by atoms with Gasteiger partial charge in [0, 0.05) is 46.2 Å². The van der Waals surface area contributed by atoms with E-state index in [9.17, 15) is 19.5 Å². The summed E-state index contributed by atoms with van der Waals surface area (Å²) in [6.45, 7) is 23.9. The minimum Gasteiger partial charge on any atom is -0.478 e. The van der Waals surface area contributed by atoms with Crippen LogP contribution >= 0.6 is 0 Å². The zero-order chi connectivity index (χ0) is 40.1. The zero-order valence-corrected chi connectivity index (χ0v) is 35.8. The Balaban J connectivity index is 0.966. The number of carbonyl (C=O) groups is 3. The van der Waals surface area contributed by atoms with E-state index >= 15 is 0 Å². The summed E-state index contributed by atoms with van der Waals surface area (Å²) in [6.07, 6.45) is 16.9. The van der Waals surface area contributed by atoms with Crippen LogP contribution in [0.1, 0.15) is 141 Å². The molecule has 9 atom stereocenters. The first-order valence-electron chi connectivity index (χ1n) is 22.4. The van der Waals surface area contributed by atoms with Crippen molar-refractivity contribution in [2.45, 2.75) is 125 Å². The van der Waals surface area contributed by atoms with Crippen LogP contribution in [0, 0.1) is 62.1 Å². The van der Waals surface area contributed by atoms with Crippen LogP contribution in [0.5, 0.6) is 0 Å². The second-order valence-electron chi connectivity index (χ2n) is 21.5. The van der Waals surface area contributed by atoms with Crippen LogP contribution < -0.4 is 5.32 Å². The number of nitrogens with one attached hydrogen (secondary N) is 1. The SMILES string of the molecule is C=C(C)C1CCC2(CNCCC(=O)N3CCC4(CCN(C)C4=O)CC3)CCC3(C)C(CCC4C5(C)CC=C(c6ccc(C(=O)O)cc6)C(C)(C)C5CCC43C)C12. The van der Waals surface area contributed by atoms with Gasteiger partial charge in [0.2, 0.25) is 11.8 Å². The van der Waals surface area contributed by atoms with E-state index in [4.69, 9.17) is 0 Å². The number of benzene rings is 1. The summed E-state index contributed by atoms with van der Waals surface area (Å²) >= 11 is 0. The molecule has 8 rings (SSSR count). The van der Waals surface area contributed by atoms with Crippen molar-refractivity contribution in [3.8, 4) is 0 Å². The van der Waals surface area contributed by atoms with Gasteiger partial charge in [-0.3, -0.25) is 9.59 Å². The molecule has 5 aliphatic carbocycles. The maximum absolute atomic E-state index is 13.4. The number of piperidine rings is 1. The van der Waals surface area contributed by atoms with Gasteiger partial charge in [0.05, 0.1) is 11.0 Å². The van der Waals surface area contributed by atoms with E-state index in [1.165, 1.54) is 68.1 Å². The molecule has 4 saturated carbocycles. The van der Waals surface area contributed by atoms with Gasteiger partial charge < -0.3 is 20.2 Å². The molecule has 2 saturated heterocycles. The first-order valence-corrected chi connectivity index (χ1v) is 22.4. The first kappa shape index (κ1) is 39.9. The Morgan fingerprint density at radius 2 is 1.55 bits per heavy atom. The normalized spacial score (nSPS) is 39.7. The summed E-state index contributed by atoms with van der Waals surface area (Å²) in [6, 6.07) is 7.60. The second kappa shape index (κ2) is 13.8. The molecule has 2 N–H and O–H groups in total. The number of allylic oxidation sites excluding steroid dienone is 3. The highest BCUT2D eigenvalue weighted by atomic mass is 16.4. The molecule has 2 heterocycles. The largest absolute Gasteiger partial charge is 0.478 e. The molecule has 306 valence electrons. The molecule has 0 bridgehead atoms. The lowest BCUT2D eigenvalue weighted by Crippen LogP contribution is -2.65. The van der Waals surface area contributed by atoms with Gasteiger partial charge in [-0.1, -0.05) is 65.0 Å². The van der Waals surface area contributed by atoms with Crippen molar-refractivity contribution in [2.75, 3.05) is 39.8 Å². The topological polar surface area (TPSA) is 90.0 Å². The van der Waals surface area contributed by atoms with Crippen LogP contribution in [0.2, 0.25) is 0 Å². The Hall–Kier alpha value is -2.93. The Bertz CT molecular complexity index is 1790. The van der Waals surface area contributed by atoms with Gasteiger partial charge in [0.15, 0.2) is 0 Å². The molecule has 7 nitrogen and oxygen atoms in total. The number of carboxylic acids is 1. The molecule has 1 spiro atoms. The van der Waals surface area contributed by atoms with E-state index in [1.54, 1.807) is 12.1 Å². The van der Waals surface area contributed by atoms with Crippen LogP contribution in [0.3, 0.4) is 0 Å². The highest BCUT2D eigenvalue weighted by Crippen LogP contribution is 2.77. The summed E-state index contributed by atoms with van der Waals surface area (Å²) < 4.78 is 0. The van der Waals surface area contributed by atoms with Gasteiger partial charge in [-0.15, -0.1) is 0 Å². The van der Waals surface area contributed by atoms with Crippen LogP contribution in [0.4, 0.5) is 0 Å². The number of likely N-dealkylation sites (tertiary alicyclic amines) is 2. The summed E-state index contributed by atoms with van der Waals surface area (Å²) in [7, 11) is 1.91. The Kier molecular flexibility index (Phi) is 9.85. The molecule has 2 aliphatic heterocycles. The molecular formula is C49H71N3O4. The average molecular weight is 766 g/mol. The fourth-order valence-electron chi connectivity index (χ4n) is 15.8. The molecule has 6 fully saturated rings. The molecule has 56 heavy (non-hydrogen) atoms. The summed E-state index contributed by atoms with van der Waals surface area (Å²) in [5, 5.41) is 13.4. The molecule has 2 amide bonds. The molecule has 1 aromatic carbocycles. The van der Waals surface area contributed by atoms with Gasteiger partial charge in [-0.05, 0) is 164 Å². The van der Waals surface area contributed by atoms with Gasteiger partial charge in [-0.2, -0.15) is 0 Å². The van der Waals surface area contributed by atoms with Gasteiger partial charge >= 0.3 is 5.97 Å². The molecule has 0 aromatic heterocycles. The number of hydrogen-bond acceptors (Lipinski definition) is 4. The van der Waals surface area contributed by atoms with E-state index in [-0.39, 0.29) is 44.3 Å². The van der Waals surface area contributed by atoms with E-state index < -0.39 is 5.97 Å². The third-order valence-corrected chi connectivity index (χ3v) is 19.1. The van der Waals surface area contributed by atoms with E-state index in [0.29, 0.717) is 54.7 Å². The zero-order valence-electron chi connectivity index (χ0n) is 35.8. The van der Waals surface area contributed by atoms with Gasteiger partial charge in [0.1, 0.15) is 0 Å². The van der Waals surface area contributed by atoms with E-state index in [2.05, 4.69) is 59.5 Å². The lowest BCUT2D eigenvalue weighted by Gasteiger charge is -2.72. The van der Waals surface area contributed by atoms with Crippen molar-refractivity contribution in [1.29, 1.82) is 0 Å². The van der Waals surface area contributed by atoms with Crippen molar-refractivity contribution < 1.29 is 19.5 Å². The molecule has 7 aliphatic rings. The summed E-state index contributed by atoms with van der Waals surface area (Å²) in [5.41, 5.74) is 5.09. The standard InChI is InChI=1S/C49H71N3O4/c1-32(2)35-15-21-49(31-50-27-18-40(53)52-29-25-48(26-30-52)24-28-51(8)43(48)56)23-22-46(6)37(41(35)49)13-14-39-45(5)19-16-36(33-9-11-34(12-10-33)42(54)55)44(3,4)38(45)17-20-47(39,46)7/h9-12,16,35,37-39,41,50H,1,13-15,17-31H2,2-8H3,(H,54,55). The molecule has 7 heteroatoms. The number of carbonyl (C=O) groups excluding carboxylic acids is 2. The molecule has 9 unspecified atom stereocenters. The smallest absolute Gasteiger partial charge is 0.335 e. The summed E-state index contributed by atoms with van der Waals surface area (Å²) in [4.78, 5) is 41.7. The van der Waals surface area contributed by atoms with Gasteiger partial charge in [0.25, 0.3) is 0 Å². The third kappa shape index (κ3) is 5.84. The molecule has 1 aromatic rings. The van der Waals surface area contributed by atoms with Crippen LogP contribution in [-0.4, -0.2) is 72.5 Å². The molecular weight excluding hydrogens is 695 g/mol. The van der Waals surface area contributed by atoms with E-state index in [1.807, 2.05) is 29.0 Å². The minimum absolute atomic E-state index is 0.00425. The highest BCUT2D eigenvalue weighted by molar-refractivity contribution is 5.88. The monoisotopic (exact) mass is 766 g/mol. The first-order chi connectivity index (χ1) is 26.4. The van der Waals surface area contributed by atoms with Crippen LogP contribution in [-0.2, 0) is 9.59 Å². The van der Waals surface area contributed by atoms with Gasteiger partial charge in [-0.25, -0.2) is 4.79 Å². The number of aromatic carboxylic acids is 1. The number of hydrogen-bond donors (Lipinski definition) is 2. The van der Waals surface area contributed by atoms with Crippen molar-refractivity contribution >= 4 is 23.4 Å². The highest BCUT2D eigenvalue weighted by Gasteiger charge is 2.70. The fraction of sp³-hybridized carbons (Fsp3) is 0.735. The van der Waals surface area contributed by atoms with Crippen molar-refractivity contribution in [3.63, 3.8) is 0 Å². The summed E-state index contributed by atoms with van der Waals surface area (Å²) in [5.74, 6) is 2.78. The van der Waals surface area contributed by atoms with Crippen LogP contribution in [0.25, 0.3) is 5.57 Å². The van der Waals surface area contributed by atoms with E-state index in [0.717, 1.165) is 45.3 Å². The number of amides is 2. The number of rotatable bonds is 8. The fourth-order valence-corrected chi connectivity index (χ4v) is 15.8. The van der Waals surface area contributed by atoms with Crippen LogP contribution in [0.15, 0.2) is 42.5 Å². The van der Waals surface area contributed by atoms with Crippen molar-refractivity contribution in [2.24, 2.45) is 62.1 Å². The van der Waals surface area contributed by atoms with Crippen molar-refractivity contribution in [3.05, 3.63) is 53.6 Å². The second-order valence-corrected chi connectivity index (χ2v) is 21.5. The maximum Gasteiger partial charge on any atom is 0.335 e. The Morgan fingerprint density at radius 1 is 0.857 bits per heavy atom. The number of fused-ring (bicyclic) bond motifs is 7. The maximum atomic E-state index is 13.4. The molecule has 0 radical (unpaired) electrons. The third-order valence-electron chi connectivity index (χ3n) is 19.1. The predicted octanol–water partition coefficient (Wildman–Crippen LogP) is 9.49. The Labute approximate surface area is 337 Å². The quantitative estimate of drug-likeness (QED) is 0.203. The average Bonchev–Trinajstić information content (AvgIpc) is 3.67. The Morgan fingerprint density at radius 3 is 2.20 bits per heavy atom. The minimum atomic E-state index is -0.869. The predicted molar refractivity (Wildman–Crippen MR) is 224 cm³/mol. The lowest BCUT2D eigenvalue weighted by molar-refractivity contribution is -0.225. The van der Waals surface area contributed by atoms with Crippen molar-refractivity contribution in [1.82, 2.24) is 15.1 Å². The lowest BCUT2D eigenvalue weighted by atomic mass is 9.32. The number of nitrogens with zero attached hydrogens (tertiary/aromatic N) is 2.